The monoisotopic (exact) mass is 327 g/mol. The van der Waals surface area contributed by atoms with E-state index in [-0.39, 0.29) is 12.4 Å². The molecule has 0 aliphatic heterocycles. The predicted octanol–water partition coefficient (Wildman–Crippen LogP) is 4.48. The highest BCUT2D eigenvalue weighted by molar-refractivity contribution is 6.09. The smallest absolute Gasteiger partial charge is 0.342 e. The molecule has 0 bridgehead atoms. The van der Waals surface area contributed by atoms with E-state index in [1.165, 1.54) is 12.1 Å². The van der Waals surface area contributed by atoms with Crippen LogP contribution in [0.2, 0.25) is 0 Å². The number of rotatable bonds is 4. The minimum absolute atomic E-state index is 0.268. The molecule has 0 fully saturated rings. The average Bonchev–Trinajstić information content (AvgIpc) is 2.94. The highest BCUT2D eigenvalue weighted by Gasteiger charge is 2.23. The molecule has 0 radical (unpaired) electrons. The molecule has 0 N–H and O–H groups in total. The van der Waals surface area contributed by atoms with Gasteiger partial charge in [-0.15, -0.1) is 0 Å². The normalized spacial score (nSPS) is 10.8. The molecule has 1 heterocycles. The lowest BCUT2D eigenvalue weighted by atomic mass is 10.1. The van der Waals surface area contributed by atoms with Crippen molar-refractivity contribution in [1.82, 2.24) is 0 Å². The van der Waals surface area contributed by atoms with Gasteiger partial charge in [0.25, 0.3) is 0 Å². The van der Waals surface area contributed by atoms with Gasteiger partial charge in [0.15, 0.2) is 0 Å². The van der Waals surface area contributed by atoms with Crippen LogP contribution in [-0.4, -0.2) is 26.7 Å². The summed E-state index contributed by atoms with van der Waals surface area (Å²) in [5.74, 6) is -0.407. The van der Waals surface area contributed by atoms with E-state index in [1.54, 1.807) is 19.1 Å². The number of hydrogen-bond donors (Lipinski definition) is 0. The Kier molecular flexibility index (Phi) is 4.25. The summed E-state index contributed by atoms with van der Waals surface area (Å²) in [5, 5.41) is 0.679. The first kappa shape index (κ1) is 16.1. The second-order valence-corrected chi connectivity index (χ2v) is 5.61. The summed E-state index contributed by atoms with van der Waals surface area (Å²) in [4.78, 5) is 14.4. The van der Waals surface area contributed by atoms with Gasteiger partial charge in [-0.1, -0.05) is 0 Å². The number of anilines is 1. The van der Waals surface area contributed by atoms with Gasteiger partial charge in [-0.25, -0.2) is 9.18 Å². The maximum atomic E-state index is 13.2. The Morgan fingerprint density at radius 3 is 2.50 bits per heavy atom. The van der Waals surface area contributed by atoms with Crippen LogP contribution >= 0.6 is 0 Å². The van der Waals surface area contributed by atoms with Crippen LogP contribution in [0.1, 0.15) is 17.3 Å². The van der Waals surface area contributed by atoms with Crippen LogP contribution in [0.4, 0.5) is 10.1 Å². The molecular weight excluding hydrogens is 309 g/mol. The van der Waals surface area contributed by atoms with Gasteiger partial charge in [0.1, 0.15) is 22.7 Å². The second kappa shape index (κ2) is 6.35. The fraction of sp³-hybridized carbons (Fsp3) is 0.211. The van der Waals surface area contributed by atoms with Gasteiger partial charge < -0.3 is 14.1 Å². The van der Waals surface area contributed by atoms with Gasteiger partial charge in [-0.05, 0) is 43.3 Å². The van der Waals surface area contributed by atoms with Crippen molar-refractivity contribution in [2.24, 2.45) is 0 Å². The molecule has 3 rings (SSSR count). The first-order valence-electron chi connectivity index (χ1n) is 7.68. The highest BCUT2D eigenvalue weighted by atomic mass is 19.1. The molecule has 2 aromatic carbocycles. The molecule has 0 atom stereocenters. The lowest BCUT2D eigenvalue weighted by Crippen LogP contribution is -2.08. The molecule has 4 nitrogen and oxygen atoms in total. The van der Waals surface area contributed by atoms with E-state index in [4.69, 9.17) is 9.15 Å². The molecule has 0 saturated carbocycles. The number of furan rings is 1. The molecular formula is C19H18FNO3. The van der Waals surface area contributed by atoms with E-state index in [1.807, 2.05) is 37.2 Å². The van der Waals surface area contributed by atoms with Crippen molar-refractivity contribution in [2.45, 2.75) is 6.92 Å². The Hall–Kier alpha value is -2.82. The van der Waals surface area contributed by atoms with Crippen molar-refractivity contribution in [3.63, 3.8) is 0 Å². The van der Waals surface area contributed by atoms with E-state index < -0.39 is 5.97 Å². The Balaban J connectivity index is 2.23. The molecule has 124 valence electrons. The lowest BCUT2D eigenvalue weighted by Gasteiger charge is -2.11. The highest BCUT2D eigenvalue weighted by Crippen LogP contribution is 2.36. The number of ether oxygens (including phenoxy) is 1. The quantitative estimate of drug-likeness (QED) is 0.663. The third-order valence-electron chi connectivity index (χ3n) is 3.78. The molecule has 0 aliphatic rings. The van der Waals surface area contributed by atoms with E-state index in [2.05, 4.69) is 0 Å². The van der Waals surface area contributed by atoms with Crippen molar-refractivity contribution < 1.29 is 18.3 Å². The summed E-state index contributed by atoms with van der Waals surface area (Å²) in [6.07, 6.45) is 0. The largest absolute Gasteiger partial charge is 0.462 e. The number of nitrogens with zero attached hydrogens (tertiary/aromatic N) is 1. The summed E-state index contributed by atoms with van der Waals surface area (Å²) in [7, 11) is 3.86. The minimum atomic E-state index is -0.451. The number of halogens is 1. The van der Waals surface area contributed by atoms with Crippen LogP contribution in [0.25, 0.3) is 22.3 Å². The molecule has 0 amide bonds. The number of fused-ring (bicyclic) bond motifs is 1. The zero-order chi connectivity index (χ0) is 17.3. The first-order valence-corrected chi connectivity index (χ1v) is 7.68. The SMILES string of the molecule is CCOC(=O)c1c(-c2ccc(F)cc2)oc2cc(N(C)C)ccc12. The fourth-order valence-corrected chi connectivity index (χ4v) is 2.57. The van der Waals surface area contributed by atoms with Gasteiger partial charge in [-0.2, -0.15) is 0 Å². The van der Waals surface area contributed by atoms with Gasteiger partial charge in [0.05, 0.1) is 6.61 Å². The third-order valence-corrected chi connectivity index (χ3v) is 3.78. The molecule has 1 aromatic heterocycles. The number of carbonyl (C=O) groups is 1. The number of esters is 1. The summed E-state index contributed by atoms with van der Waals surface area (Å²) in [6.45, 7) is 2.02. The Morgan fingerprint density at radius 1 is 1.17 bits per heavy atom. The minimum Gasteiger partial charge on any atom is -0.462 e. The first-order chi connectivity index (χ1) is 11.5. The van der Waals surface area contributed by atoms with Gasteiger partial charge >= 0.3 is 5.97 Å². The van der Waals surface area contributed by atoms with Crippen molar-refractivity contribution in [2.75, 3.05) is 25.6 Å². The zero-order valence-corrected chi connectivity index (χ0v) is 13.8. The topological polar surface area (TPSA) is 42.7 Å². The second-order valence-electron chi connectivity index (χ2n) is 5.61. The van der Waals surface area contributed by atoms with E-state index in [9.17, 15) is 9.18 Å². The van der Waals surface area contributed by atoms with Crippen LogP contribution in [-0.2, 0) is 4.74 Å². The summed E-state index contributed by atoms with van der Waals surface area (Å²) < 4.78 is 24.3. The van der Waals surface area contributed by atoms with Crippen molar-refractivity contribution in [1.29, 1.82) is 0 Å². The Bertz CT molecular complexity index is 882. The van der Waals surface area contributed by atoms with E-state index in [0.29, 0.717) is 27.9 Å². The van der Waals surface area contributed by atoms with E-state index >= 15 is 0 Å². The van der Waals surface area contributed by atoms with Crippen LogP contribution < -0.4 is 4.90 Å². The molecule has 5 heteroatoms. The van der Waals surface area contributed by atoms with Crippen molar-refractivity contribution in [3.8, 4) is 11.3 Å². The van der Waals surface area contributed by atoms with Crippen LogP contribution in [0.15, 0.2) is 46.9 Å². The zero-order valence-electron chi connectivity index (χ0n) is 13.8. The molecule has 3 aromatic rings. The third kappa shape index (κ3) is 2.85. The van der Waals surface area contributed by atoms with Crippen LogP contribution in [0.5, 0.6) is 0 Å². The average molecular weight is 327 g/mol. The van der Waals surface area contributed by atoms with Crippen molar-refractivity contribution in [3.05, 3.63) is 53.8 Å². The fourth-order valence-electron chi connectivity index (χ4n) is 2.57. The molecule has 24 heavy (non-hydrogen) atoms. The summed E-state index contributed by atoms with van der Waals surface area (Å²) >= 11 is 0. The Labute approximate surface area is 139 Å². The van der Waals surface area contributed by atoms with Crippen LogP contribution in [0.3, 0.4) is 0 Å². The number of carbonyl (C=O) groups excluding carboxylic acids is 1. The van der Waals surface area contributed by atoms with Crippen molar-refractivity contribution >= 4 is 22.6 Å². The summed E-state index contributed by atoms with van der Waals surface area (Å²) in [5.41, 5.74) is 2.53. The lowest BCUT2D eigenvalue weighted by molar-refractivity contribution is 0.0529. The van der Waals surface area contributed by atoms with E-state index in [0.717, 1.165) is 5.69 Å². The number of benzene rings is 2. The Morgan fingerprint density at radius 2 is 1.88 bits per heavy atom. The molecule has 0 unspecified atom stereocenters. The van der Waals surface area contributed by atoms with Crippen LogP contribution in [0, 0.1) is 5.82 Å². The maximum Gasteiger partial charge on any atom is 0.342 e. The molecule has 0 spiro atoms. The molecule has 0 aliphatic carbocycles. The van der Waals surface area contributed by atoms with Gasteiger partial charge in [-0.3, -0.25) is 0 Å². The van der Waals surface area contributed by atoms with Gasteiger partial charge in [0.2, 0.25) is 0 Å². The van der Waals surface area contributed by atoms with Gasteiger partial charge in [0, 0.05) is 36.8 Å². The summed E-state index contributed by atoms with van der Waals surface area (Å²) in [6, 6.07) is 11.5. The number of hydrogen-bond acceptors (Lipinski definition) is 4. The molecule has 0 saturated heterocycles. The standard InChI is InChI=1S/C19H18FNO3/c1-4-23-19(22)17-15-10-9-14(21(2)3)11-16(15)24-18(17)12-5-7-13(20)8-6-12/h5-11H,4H2,1-3H3. The maximum absolute atomic E-state index is 13.2. The predicted molar refractivity (Wildman–Crippen MR) is 91.9 cm³/mol.